The van der Waals surface area contributed by atoms with Gasteiger partial charge < -0.3 is 49.8 Å². The number of rotatable bonds is 21. The van der Waals surface area contributed by atoms with E-state index in [1.165, 1.54) is 68.3 Å². The van der Waals surface area contributed by atoms with Crippen LogP contribution in [0.25, 0.3) is 0 Å². The monoisotopic (exact) mass is 769 g/mol. The highest BCUT2D eigenvalue weighted by Crippen LogP contribution is 2.01. The minimum Gasteiger partial charge on any atom is -0.368 e. The molecule has 54 heavy (non-hydrogen) atoms. The lowest BCUT2D eigenvalue weighted by Crippen LogP contribution is -2.49. The van der Waals surface area contributed by atoms with Crippen molar-refractivity contribution in [3.8, 4) is 0 Å². The first-order valence-corrected chi connectivity index (χ1v) is 16.9. The average molecular weight is 770 g/mol. The molecule has 0 aromatic heterocycles. The lowest BCUT2D eigenvalue weighted by atomic mass is 10.3. The van der Waals surface area contributed by atoms with Crippen molar-refractivity contribution in [2.45, 2.75) is 19.9 Å². The summed E-state index contributed by atoms with van der Waals surface area (Å²) in [6.45, 7) is 0.709. The van der Waals surface area contributed by atoms with Crippen LogP contribution in [0.2, 0.25) is 0 Å². The van der Waals surface area contributed by atoms with Gasteiger partial charge >= 0.3 is 0 Å². The van der Waals surface area contributed by atoms with Gasteiger partial charge in [-0.3, -0.25) is 52.8 Å². The normalized spacial score (nSPS) is 10.6. The van der Waals surface area contributed by atoms with Crippen molar-refractivity contribution in [2.24, 2.45) is 5.73 Å². The predicted molar refractivity (Wildman–Crippen MR) is 196 cm³/mol. The maximum atomic E-state index is 12.8. The van der Waals surface area contributed by atoms with Crippen LogP contribution >= 0.6 is 0 Å². The van der Waals surface area contributed by atoms with Crippen LogP contribution in [0.4, 0.5) is 0 Å². The van der Waals surface area contributed by atoms with Crippen LogP contribution in [0.5, 0.6) is 0 Å². The van der Waals surface area contributed by atoms with E-state index in [1.807, 2.05) is 18.7 Å². The Balaban J connectivity index is 4.86. The Kier molecular flexibility index (Phi) is 20.4. The van der Waals surface area contributed by atoms with Gasteiger partial charge in [0.25, 0.3) is 0 Å². The molecule has 2 N–H and O–H groups in total. The molecule has 21 heteroatoms. The third kappa shape index (κ3) is 17.5. The standard InChI is InChI=1S/C33H59N11O10/c1-23(2)35(3)14-25(46)37(5)16-27(48)39(7)18-29(50)41(9)20-31(52)43(11)22-33(54)44(12)21-32(53)42(10)19-30(51)40(8)17-28(49)38(6)15-26(47)36(4)13-24(34)45/h23H,13-22H2,1-12H3,(H2,34,45). The van der Waals surface area contributed by atoms with Gasteiger partial charge in [0.15, 0.2) is 0 Å². The van der Waals surface area contributed by atoms with Gasteiger partial charge in [0, 0.05) is 69.5 Å². The molecule has 0 aromatic carbocycles. The van der Waals surface area contributed by atoms with Gasteiger partial charge in [-0.1, -0.05) is 0 Å². The van der Waals surface area contributed by atoms with E-state index in [-0.39, 0.29) is 44.7 Å². The highest BCUT2D eigenvalue weighted by Gasteiger charge is 2.26. The summed E-state index contributed by atoms with van der Waals surface area (Å²) in [7, 11) is 14.1. The second kappa shape index (κ2) is 22.7. The lowest BCUT2D eigenvalue weighted by molar-refractivity contribution is -0.146. The molecule has 0 heterocycles. The van der Waals surface area contributed by atoms with Gasteiger partial charge in [0.2, 0.25) is 59.1 Å². The zero-order chi connectivity index (χ0) is 42.2. The zero-order valence-electron chi connectivity index (χ0n) is 33.8. The third-order valence-corrected chi connectivity index (χ3v) is 8.47. The van der Waals surface area contributed by atoms with E-state index in [1.54, 1.807) is 7.05 Å². The third-order valence-electron chi connectivity index (χ3n) is 8.47. The van der Waals surface area contributed by atoms with Crippen LogP contribution in [-0.2, 0) is 47.9 Å². The molecule has 0 radical (unpaired) electrons. The molecule has 0 aliphatic rings. The SMILES string of the molecule is CC(C)N(C)CC(=O)N(C)CC(=O)N(C)CC(=O)N(C)CC(=O)N(C)CC(=O)N(C)CC(=O)N(C)CC(=O)N(C)CC(=O)N(C)CC(=O)N(C)CC(N)=O. The fourth-order valence-electron chi connectivity index (χ4n) is 4.13. The smallest absolute Gasteiger partial charge is 0.242 e. The molecule has 0 unspecified atom stereocenters. The molecule has 0 fully saturated rings. The van der Waals surface area contributed by atoms with E-state index in [0.717, 1.165) is 39.2 Å². The van der Waals surface area contributed by atoms with E-state index in [4.69, 9.17) is 5.73 Å². The Labute approximate surface area is 317 Å². The van der Waals surface area contributed by atoms with E-state index in [0.29, 0.717) is 0 Å². The number of amides is 10. The van der Waals surface area contributed by atoms with Crippen molar-refractivity contribution >= 4 is 59.1 Å². The highest BCUT2D eigenvalue weighted by atomic mass is 16.2. The number of nitrogens with two attached hydrogens (primary N) is 1. The summed E-state index contributed by atoms with van der Waals surface area (Å²) in [5.41, 5.74) is 5.07. The van der Waals surface area contributed by atoms with E-state index in [9.17, 15) is 47.9 Å². The molecule has 0 aliphatic heterocycles. The number of primary amides is 1. The average Bonchev–Trinajstić information content (AvgIpc) is 3.06. The summed E-state index contributed by atoms with van der Waals surface area (Å²) < 4.78 is 0. The van der Waals surface area contributed by atoms with Gasteiger partial charge in [0.1, 0.15) is 0 Å². The molecule has 0 saturated heterocycles. The number of hydrogen-bond donors (Lipinski definition) is 1. The van der Waals surface area contributed by atoms with Gasteiger partial charge in [0.05, 0.1) is 65.4 Å². The van der Waals surface area contributed by atoms with Crippen LogP contribution in [-0.4, -0.2) is 250 Å². The highest BCUT2D eigenvalue weighted by molar-refractivity contribution is 5.93. The first-order chi connectivity index (χ1) is 24.8. The van der Waals surface area contributed by atoms with Gasteiger partial charge in [-0.15, -0.1) is 0 Å². The number of likely N-dealkylation sites (N-methyl/N-ethyl adjacent to an activating group) is 10. The maximum absolute atomic E-state index is 12.8. The number of nitrogens with zero attached hydrogens (tertiary/aromatic N) is 10. The summed E-state index contributed by atoms with van der Waals surface area (Å²) in [6.07, 6.45) is 0. The Hall–Kier alpha value is -5.34. The minimum absolute atomic E-state index is 0.130. The van der Waals surface area contributed by atoms with Gasteiger partial charge in [-0.25, -0.2) is 0 Å². The van der Waals surface area contributed by atoms with Crippen LogP contribution in [0.1, 0.15) is 13.8 Å². The summed E-state index contributed by atoms with van der Waals surface area (Å²) in [5.74, 6) is -5.46. The molecule has 0 aromatic rings. The minimum atomic E-state index is -0.714. The van der Waals surface area contributed by atoms with E-state index >= 15 is 0 Å². The molecule has 306 valence electrons. The molecule has 0 bridgehead atoms. The molecule has 21 nitrogen and oxygen atoms in total. The molecular formula is C33H59N11O10. The number of carbonyl (C=O) groups is 10. The molecule has 0 saturated carbocycles. The summed E-state index contributed by atoms with van der Waals surface area (Å²) >= 11 is 0. The molecule has 0 spiro atoms. The lowest BCUT2D eigenvalue weighted by Gasteiger charge is -2.27. The second-order valence-electron chi connectivity index (χ2n) is 13.7. The number of carbonyl (C=O) groups excluding carboxylic acids is 10. The topological polar surface area (TPSA) is 229 Å². The van der Waals surface area contributed by atoms with E-state index in [2.05, 4.69) is 0 Å². The summed E-state index contributed by atoms with van der Waals surface area (Å²) in [5, 5.41) is 0. The first kappa shape index (κ1) is 48.7. The van der Waals surface area contributed by atoms with Crippen molar-refractivity contribution in [2.75, 3.05) is 136 Å². The second-order valence-corrected chi connectivity index (χ2v) is 13.7. The Morgan fingerprint density at radius 2 is 0.463 bits per heavy atom. The van der Waals surface area contributed by atoms with Crippen molar-refractivity contribution in [1.29, 1.82) is 0 Å². The zero-order valence-corrected chi connectivity index (χ0v) is 33.8. The van der Waals surface area contributed by atoms with Crippen molar-refractivity contribution < 1.29 is 47.9 Å². The molecule has 0 atom stereocenters. The van der Waals surface area contributed by atoms with Crippen molar-refractivity contribution in [3.63, 3.8) is 0 Å². The fourth-order valence-corrected chi connectivity index (χ4v) is 4.13. The van der Waals surface area contributed by atoms with Crippen LogP contribution < -0.4 is 5.73 Å². The van der Waals surface area contributed by atoms with Gasteiger partial charge in [-0.2, -0.15) is 0 Å². The Bertz CT molecular complexity index is 1410. The Morgan fingerprint density at radius 3 is 0.611 bits per heavy atom. The number of hydrogen-bond acceptors (Lipinski definition) is 11. The quantitative estimate of drug-likeness (QED) is 0.116. The van der Waals surface area contributed by atoms with Crippen molar-refractivity contribution in [3.05, 3.63) is 0 Å². The Morgan fingerprint density at radius 1 is 0.315 bits per heavy atom. The fraction of sp³-hybridized carbons (Fsp3) is 0.697. The summed E-state index contributed by atoms with van der Waals surface area (Å²) in [6, 6.07) is 0.141. The molecule has 0 aliphatic carbocycles. The molecule has 0 rings (SSSR count). The predicted octanol–water partition coefficient (Wildman–Crippen LogP) is -5.06. The van der Waals surface area contributed by atoms with Crippen LogP contribution in [0.3, 0.4) is 0 Å². The first-order valence-electron chi connectivity index (χ1n) is 16.9. The summed E-state index contributed by atoms with van der Waals surface area (Å²) in [4.78, 5) is 136. The molecular weight excluding hydrogens is 710 g/mol. The molecule has 10 amide bonds. The van der Waals surface area contributed by atoms with E-state index < -0.39 is 85.9 Å². The van der Waals surface area contributed by atoms with Crippen LogP contribution in [0, 0.1) is 0 Å². The largest absolute Gasteiger partial charge is 0.368 e. The van der Waals surface area contributed by atoms with Crippen molar-refractivity contribution in [1.82, 2.24) is 49.0 Å². The van der Waals surface area contributed by atoms with Crippen LogP contribution in [0.15, 0.2) is 0 Å². The van der Waals surface area contributed by atoms with Gasteiger partial charge in [-0.05, 0) is 20.9 Å². The maximum Gasteiger partial charge on any atom is 0.242 e.